The fraction of sp³-hybridized carbons (Fsp3) is 0.333. The molecule has 0 unspecified atom stereocenters. The van der Waals surface area contributed by atoms with Gasteiger partial charge in [0, 0.05) is 6.20 Å². The van der Waals surface area contributed by atoms with Crippen LogP contribution in [-0.2, 0) is 17.9 Å². The Kier molecular flexibility index (Phi) is 4.71. The van der Waals surface area contributed by atoms with E-state index < -0.39 is 36.9 Å². The van der Waals surface area contributed by atoms with Gasteiger partial charge in [-0.2, -0.15) is 0 Å². The van der Waals surface area contributed by atoms with Crippen molar-refractivity contribution >= 4 is 28.6 Å². The van der Waals surface area contributed by atoms with Crippen LogP contribution in [0.2, 0.25) is 0 Å². The second-order valence-electron chi connectivity index (χ2n) is 3.13. The highest BCUT2D eigenvalue weighted by atomic mass is 127. The van der Waals surface area contributed by atoms with Crippen molar-refractivity contribution in [3.8, 4) is 5.75 Å². The number of halogens is 5. The molecule has 9 heteroatoms. The molecule has 0 aliphatic carbocycles. The Morgan fingerprint density at radius 3 is 2.56 bits per heavy atom. The molecule has 0 aliphatic rings. The van der Waals surface area contributed by atoms with Crippen LogP contribution in [0.15, 0.2) is 6.20 Å². The van der Waals surface area contributed by atoms with Crippen LogP contribution in [-0.4, -0.2) is 22.4 Å². The van der Waals surface area contributed by atoms with Crippen LogP contribution in [0.25, 0.3) is 0 Å². The molecule has 1 aromatic heterocycles. The maximum atomic E-state index is 12.5. The molecule has 100 valence electrons. The van der Waals surface area contributed by atoms with E-state index in [9.17, 15) is 22.4 Å². The molecule has 0 saturated carbocycles. The molecule has 0 amide bonds. The molecule has 0 aromatic carbocycles. The summed E-state index contributed by atoms with van der Waals surface area (Å²) < 4.78 is 52.5. The van der Waals surface area contributed by atoms with Crippen LogP contribution in [0.3, 0.4) is 0 Å². The Morgan fingerprint density at radius 2 is 2.11 bits per heavy atom. The molecule has 0 saturated heterocycles. The van der Waals surface area contributed by atoms with Gasteiger partial charge in [0.15, 0.2) is 5.75 Å². The van der Waals surface area contributed by atoms with E-state index in [1.54, 1.807) is 0 Å². The van der Waals surface area contributed by atoms with E-state index in [2.05, 4.69) is 9.72 Å². The van der Waals surface area contributed by atoms with Crippen molar-refractivity contribution in [1.29, 1.82) is 0 Å². The molecule has 1 N–H and O–H groups in total. The third-order valence-corrected chi connectivity index (χ3v) is 2.99. The lowest BCUT2D eigenvalue weighted by molar-refractivity contribution is -0.275. The van der Waals surface area contributed by atoms with Gasteiger partial charge in [-0.15, -0.1) is 13.2 Å². The summed E-state index contributed by atoms with van der Waals surface area (Å²) in [6, 6.07) is 0. The summed E-state index contributed by atoms with van der Waals surface area (Å²) in [6.07, 6.45) is -4.49. The van der Waals surface area contributed by atoms with Crippen LogP contribution < -0.4 is 4.74 Å². The minimum Gasteiger partial charge on any atom is -0.481 e. The zero-order chi connectivity index (χ0) is 13.9. The van der Waals surface area contributed by atoms with E-state index in [0.29, 0.717) is 0 Å². The van der Waals surface area contributed by atoms with Gasteiger partial charge in [-0.1, -0.05) is 0 Å². The predicted octanol–water partition coefficient (Wildman–Crippen LogP) is 2.68. The van der Waals surface area contributed by atoms with Gasteiger partial charge in [0.05, 0.1) is 9.99 Å². The van der Waals surface area contributed by atoms with Gasteiger partial charge in [0.2, 0.25) is 0 Å². The normalized spacial score (nSPS) is 11.4. The largest absolute Gasteiger partial charge is 0.573 e. The Balaban J connectivity index is 3.22. The molecular weight excluding hydrogens is 373 g/mol. The molecular formula is C9H6F4INO3. The van der Waals surface area contributed by atoms with Gasteiger partial charge in [0.25, 0.3) is 0 Å². The summed E-state index contributed by atoms with van der Waals surface area (Å²) in [6.45, 7) is -1.24. The topological polar surface area (TPSA) is 59.4 Å². The number of hydrogen-bond donors (Lipinski definition) is 1. The molecule has 1 rings (SSSR count). The van der Waals surface area contributed by atoms with Crippen LogP contribution in [0.5, 0.6) is 5.75 Å². The number of carboxylic acids is 1. The molecule has 1 aromatic rings. The van der Waals surface area contributed by atoms with Gasteiger partial charge in [0.1, 0.15) is 12.4 Å². The van der Waals surface area contributed by atoms with E-state index in [0.717, 1.165) is 6.20 Å². The van der Waals surface area contributed by atoms with Crippen LogP contribution in [0.4, 0.5) is 17.6 Å². The Bertz CT molecular complexity index is 464. The Morgan fingerprint density at radius 1 is 1.50 bits per heavy atom. The molecule has 0 spiro atoms. The summed E-state index contributed by atoms with van der Waals surface area (Å²) in [7, 11) is 0. The first-order chi connectivity index (χ1) is 8.24. The minimum atomic E-state index is -4.99. The number of ether oxygens (including phenoxy) is 1. The number of hydrogen-bond acceptors (Lipinski definition) is 3. The molecule has 0 radical (unpaired) electrons. The van der Waals surface area contributed by atoms with Crippen molar-refractivity contribution < 1.29 is 32.2 Å². The third-order valence-electron chi connectivity index (χ3n) is 1.81. The van der Waals surface area contributed by atoms with E-state index >= 15 is 0 Å². The number of alkyl halides is 4. The van der Waals surface area contributed by atoms with Crippen molar-refractivity contribution in [3.05, 3.63) is 21.0 Å². The number of rotatable bonds is 4. The lowest BCUT2D eigenvalue weighted by Crippen LogP contribution is -2.20. The number of carbonyl (C=O) groups is 1. The second kappa shape index (κ2) is 5.67. The number of aliphatic carboxylic acids is 1. The van der Waals surface area contributed by atoms with Crippen LogP contribution >= 0.6 is 22.6 Å². The summed E-state index contributed by atoms with van der Waals surface area (Å²) in [5.74, 6) is -2.02. The van der Waals surface area contributed by atoms with Crippen molar-refractivity contribution in [2.45, 2.75) is 19.5 Å². The average molecular weight is 379 g/mol. The summed E-state index contributed by atoms with van der Waals surface area (Å²) in [5.41, 5.74) is -0.495. The molecule has 0 fully saturated rings. The standard InChI is InChI=1S/C9H6F4INO3/c10-2-5-8(18-9(11,12)13)7(14)4(3-15-5)1-6(16)17/h3H,1-2H2,(H,16,17). The van der Waals surface area contributed by atoms with E-state index in [1.165, 1.54) is 22.6 Å². The number of carboxylic acid groups (broad SMARTS) is 1. The van der Waals surface area contributed by atoms with Crippen LogP contribution in [0.1, 0.15) is 11.3 Å². The monoisotopic (exact) mass is 379 g/mol. The highest BCUT2D eigenvalue weighted by Crippen LogP contribution is 2.32. The lowest BCUT2D eigenvalue weighted by atomic mass is 10.2. The summed E-state index contributed by atoms with van der Waals surface area (Å²) in [5, 5.41) is 8.57. The van der Waals surface area contributed by atoms with Gasteiger partial charge in [-0.05, 0) is 28.2 Å². The number of aromatic nitrogens is 1. The highest BCUT2D eigenvalue weighted by molar-refractivity contribution is 14.1. The van der Waals surface area contributed by atoms with Gasteiger partial charge in [-0.3, -0.25) is 9.78 Å². The van der Waals surface area contributed by atoms with E-state index in [1.807, 2.05) is 0 Å². The number of pyridine rings is 1. The smallest absolute Gasteiger partial charge is 0.481 e. The van der Waals surface area contributed by atoms with Crippen molar-refractivity contribution in [1.82, 2.24) is 4.98 Å². The molecule has 0 bridgehead atoms. The Hall–Kier alpha value is -1.13. The predicted molar refractivity (Wildman–Crippen MR) is 59.8 cm³/mol. The summed E-state index contributed by atoms with van der Waals surface area (Å²) >= 11 is 1.47. The van der Waals surface area contributed by atoms with Gasteiger partial charge in [-0.25, -0.2) is 4.39 Å². The fourth-order valence-corrected chi connectivity index (χ4v) is 1.90. The zero-order valence-corrected chi connectivity index (χ0v) is 10.7. The highest BCUT2D eigenvalue weighted by Gasteiger charge is 2.34. The van der Waals surface area contributed by atoms with Crippen molar-refractivity contribution in [2.75, 3.05) is 0 Å². The first-order valence-corrected chi connectivity index (χ1v) is 5.52. The maximum Gasteiger partial charge on any atom is 0.573 e. The molecule has 0 aliphatic heterocycles. The first kappa shape index (κ1) is 14.9. The quantitative estimate of drug-likeness (QED) is 0.646. The zero-order valence-electron chi connectivity index (χ0n) is 8.59. The van der Waals surface area contributed by atoms with E-state index in [4.69, 9.17) is 5.11 Å². The lowest BCUT2D eigenvalue weighted by Gasteiger charge is -2.14. The molecule has 4 nitrogen and oxygen atoms in total. The van der Waals surface area contributed by atoms with Crippen molar-refractivity contribution in [3.63, 3.8) is 0 Å². The first-order valence-electron chi connectivity index (χ1n) is 4.44. The summed E-state index contributed by atoms with van der Waals surface area (Å²) in [4.78, 5) is 13.9. The number of nitrogens with zero attached hydrogens (tertiary/aromatic N) is 1. The second-order valence-corrected chi connectivity index (χ2v) is 4.20. The van der Waals surface area contributed by atoms with Gasteiger partial charge < -0.3 is 9.84 Å². The fourth-order valence-electron chi connectivity index (χ4n) is 1.14. The van der Waals surface area contributed by atoms with Gasteiger partial charge >= 0.3 is 12.3 Å². The molecule has 0 atom stereocenters. The SMILES string of the molecule is O=C(O)Cc1cnc(CF)c(OC(F)(F)F)c1I. The average Bonchev–Trinajstić information content (AvgIpc) is 2.22. The van der Waals surface area contributed by atoms with E-state index in [-0.39, 0.29) is 9.13 Å². The Labute approximate surface area is 112 Å². The van der Waals surface area contributed by atoms with Crippen molar-refractivity contribution in [2.24, 2.45) is 0 Å². The molecule has 1 heterocycles. The maximum absolute atomic E-state index is 12.5. The molecule has 18 heavy (non-hydrogen) atoms. The third kappa shape index (κ3) is 3.96. The van der Waals surface area contributed by atoms with Crippen LogP contribution in [0, 0.1) is 3.57 Å². The minimum absolute atomic E-state index is 0.0274.